The van der Waals surface area contributed by atoms with Gasteiger partial charge in [0.25, 0.3) is 5.91 Å². The highest BCUT2D eigenvalue weighted by molar-refractivity contribution is 6.02. The van der Waals surface area contributed by atoms with E-state index in [1.165, 1.54) is 0 Å². The van der Waals surface area contributed by atoms with Crippen LogP contribution in [0.25, 0.3) is 0 Å². The molecule has 1 aliphatic rings. The average Bonchev–Trinajstić information content (AvgIpc) is 2.56. The van der Waals surface area contributed by atoms with Gasteiger partial charge in [-0.25, -0.2) is 9.97 Å². The summed E-state index contributed by atoms with van der Waals surface area (Å²) in [6.07, 6.45) is 1.80. The number of carbonyl (C=O) groups is 1. The van der Waals surface area contributed by atoms with Crippen LogP contribution in [0.5, 0.6) is 0 Å². The third-order valence-electron chi connectivity index (χ3n) is 3.59. The number of nitrogens with zero attached hydrogens (tertiary/aromatic N) is 3. The zero-order valence-electron chi connectivity index (χ0n) is 13.4. The largest absolute Gasteiger partial charge is 0.368 e. The van der Waals surface area contributed by atoms with Crippen LogP contribution in [-0.2, 0) is 0 Å². The predicted molar refractivity (Wildman–Crippen MR) is 101 cm³/mol. The number of aromatic nitrogens is 2. The summed E-state index contributed by atoms with van der Waals surface area (Å²) >= 11 is 0. The van der Waals surface area contributed by atoms with E-state index in [1.807, 2.05) is 31.2 Å². The van der Waals surface area contributed by atoms with Crippen LogP contribution >= 0.6 is 24.8 Å². The lowest BCUT2D eigenvalue weighted by molar-refractivity contribution is 0.102. The maximum Gasteiger partial charge on any atom is 0.275 e. The van der Waals surface area contributed by atoms with Crippen molar-refractivity contribution in [1.82, 2.24) is 15.3 Å². The van der Waals surface area contributed by atoms with Crippen molar-refractivity contribution in [2.24, 2.45) is 0 Å². The molecule has 3 rings (SSSR count). The molecule has 1 amide bonds. The molecule has 0 unspecified atom stereocenters. The first-order chi connectivity index (χ1) is 10.7. The molecule has 2 N–H and O–H groups in total. The van der Waals surface area contributed by atoms with Gasteiger partial charge in [-0.2, -0.15) is 0 Å². The molecule has 1 saturated heterocycles. The van der Waals surface area contributed by atoms with E-state index in [4.69, 9.17) is 0 Å². The summed E-state index contributed by atoms with van der Waals surface area (Å²) in [5, 5.41) is 6.09. The molecule has 0 bridgehead atoms. The molecule has 130 valence electrons. The smallest absolute Gasteiger partial charge is 0.275 e. The second-order valence-electron chi connectivity index (χ2n) is 5.26. The van der Waals surface area contributed by atoms with Gasteiger partial charge in [0, 0.05) is 31.9 Å². The van der Waals surface area contributed by atoms with Gasteiger partial charge in [-0.1, -0.05) is 6.07 Å². The number of hydrogen-bond donors (Lipinski definition) is 2. The first kappa shape index (κ1) is 20.2. The lowest BCUT2D eigenvalue weighted by Gasteiger charge is -2.29. The number of hydrogen-bond acceptors (Lipinski definition) is 5. The quantitative estimate of drug-likeness (QED) is 0.868. The first-order valence-corrected chi connectivity index (χ1v) is 7.39. The van der Waals surface area contributed by atoms with Crippen molar-refractivity contribution < 1.29 is 4.79 Å². The zero-order chi connectivity index (χ0) is 15.4. The normalized spacial score (nSPS) is 13.5. The molecule has 1 aliphatic heterocycles. The Morgan fingerprint density at radius 3 is 2.54 bits per heavy atom. The molecule has 0 atom stereocenters. The molecule has 3 heterocycles. The number of aryl methyl sites for hydroxylation is 1. The second kappa shape index (κ2) is 9.42. The minimum Gasteiger partial charge on any atom is -0.368 e. The number of rotatable bonds is 3. The number of amides is 1. The summed E-state index contributed by atoms with van der Waals surface area (Å²) in [5.41, 5.74) is 2.29. The molecule has 2 aromatic rings. The van der Waals surface area contributed by atoms with Crippen molar-refractivity contribution in [2.75, 3.05) is 36.4 Å². The topological polar surface area (TPSA) is 70.2 Å². The highest BCUT2D eigenvalue weighted by atomic mass is 35.5. The van der Waals surface area contributed by atoms with Gasteiger partial charge in [0.05, 0.1) is 11.9 Å². The fraction of sp³-hybridized carbons (Fsp3) is 0.312. The molecule has 0 radical (unpaired) electrons. The van der Waals surface area contributed by atoms with Crippen LogP contribution in [0.2, 0.25) is 0 Å². The Bertz CT molecular complexity index is 660. The average molecular weight is 370 g/mol. The van der Waals surface area contributed by atoms with Crippen molar-refractivity contribution in [3.05, 3.63) is 47.9 Å². The standard InChI is InChI=1S/C16H19N5O.2ClH/c1-12-3-2-4-14(19-12)16(22)20-15-6-5-13(11-18-15)21-9-7-17-8-10-21;;/h2-6,11,17H,7-10H2,1H3,(H,18,20,22);2*1H. The van der Waals surface area contributed by atoms with E-state index < -0.39 is 0 Å². The summed E-state index contributed by atoms with van der Waals surface area (Å²) in [6.45, 7) is 5.77. The minimum atomic E-state index is -0.244. The van der Waals surface area contributed by atoms with E-state index in [0.29, 0.717) is 11.5 Å². The Morgan fingerprint density at radius 1 is 1.17 bits per heavy atom. The Labute approximate surface area is 153 Å². The Kier molecular flexibility index (Phi) is 7.91. The molecule has 1 fully saturated rings. The van der Waals surface area contributed by atoms with Gasteiger partial charge in [-0.05, 0) is 31.2 Å². The number of anilines is 2. The SMILES string of the molecule is Cc1cccc(C(=O)Nc2ccc(N3CCNCC3)cn2)n1.Cl.Cl. The van der Waals surface area contributed by atoms with Gasteiger partial charge in [-0.15, -0.1) is 24.8 Å². The van der Waals surface area contributed by atoms with Crippen molar-refractivity contribution in [1.29, 1.82) is 0 Å². The van der Waals surface area contributed by atoms with Crippen molar-refractivity contribution in [3.8, 4) is 0 Å². The van der Waals surface area contributed by atoms with Crippen LogP contribution < -0.4 is 15.5 Å². The van der Waals surface area contributed by atoms with Crippen LogP contribution in [0.1, 0.15) is 16.2 Å². The predicted octanol–water partition coefficient (Wildman–Crippen LogP) is 2.29. The third-order valence-corrected chi connectivity index (χ3v) is 3.59. The van der Waals surface area contributed by atoms with Crippen LogP contribution in [0.15, 0.2) is 36.5 Å². The Morgan fingerprint density at radius 2 is 1.92 bits per heavy atom. The van der Waals surface area contributed by atoms with E-state index in [0.717, 1.165) is 37.6 Å². The molecule has 2 aromatic heterocycles. The molecule has 0 aliphatic carbocycles. The van der Waals surface area contributed by atoms with Crippen LogP contribution in [-0.4, -0.2) is 42.1 Å². The molecule has 24 heavy (non-hydrogen) atoms. The number of carbonyl (C=O) groups excluding carboxylic acids is 1. The first-order valence-electron chi connectivity index (χ1n) is 7.39. The van der Waals surface area contributed by atoms with Crippen molar-refractivity contribution in [2.45, 2.75) is 6.92 Å². The van der Waals surface area contributed by atoms with Gasteiger partial charge in [-0.3, -0.25) is 4.79 Å². The van der Waals surface area contributed by atoms with Gasteiger partial charge >= 0.3 is 0 Å². The van der Waals surface area contributed by atoms with Crippen LogP contribution in [0.4, 0.5) is 11.5 Å². The number of nitrogens with one attached hydrogen (secondary N) is 2. The second-order valence-corrected chi connectivity index (χ2v) is 5.26. The lowest BCUT2D eigenvalue weighted by atomic mass is 10.3. The van der Waals surface area contributed by atoms with E-state index in [1.54, 1.807) is 12.3 Å². The highest BCUT2D eigenvalue weighted by Crippen LogP contribution is 2.16. The van der Waals surface area contributed by atoms with Crippen LogP contribution in [0.3, 0.4) is 0 Å². The Hall–Kier alpha value is -1.89. The molecular formula is C16H21Cl2N5O. The fourth-order valence-corrected chi connectivity index (χ4v) is 2.42. The molecule has 0 spiro atoms. The summed E-state index contributed by atoms with van der Waals surface area (Å²) in [7, 11) is 0. The van der Waals surface area contributed by atoms with Crippen molar-refractivity contribution >= 4 is 42.2 Å². The number of pyridine rings is 2. The van der Waals surface area contributed by atoms with Gasteiger partial charge in [0.1, 0.15) is 11.5 Å². The van der Waals surface area contributed by atoms with Crippen molar-refractivity contribution in [3.63, 3.8) is 0 Å². The van der Waals surface area contributed by atoms with E-state index in [9.17, 15) is 4.79 Å². The maximum atomic E-state index is 12.1. The van der Waals surface area contributed by atoms with E-state index in [2.05, 4.69) is 25.5 Å². The molecule has 0 aromatic carbocycles. The molecular weight excluding hydrogens is 349 g/mol. The summed E-state index contributed by atoms with van der Waals surface area (Å²) in [5.74, 6) is 0.290. The van der Waals surface area contributed by atoms with Gasteiger partial charge < -0.3 is 15.5 Å². The minimum absolute atomic E-state index is 0. The molecule has 6 nitrogen and oxygen atoms in total. The third kappa shape index (κ3) is 5.06. The lowest BCUT2D eigenvalue weighted by Crippen LogP contribution is -2.43. The number of halogens is 2. The van der Waals surface area contributed by atoms with E-state index in [-0.39, 0.29) is 30.7 Å². The summed E-state index contributed by atoms with van der Waals surface area (Å²) < 4.78 is 0. The molecule has 8 heteroatoms. The Balaban J connectivity index is 0.00000144. The number of piperazine rings is 1. The highest BCUT2D eigenvalue weighted by Gasteiger charge is 2.12. The summed E-state index contributed by atoms with van der Waals surface area (Å²) in [4.78, 5) is 22.9. The van der Waals surface area contributed by atoms with E-state index >= 15 is 0 Å². The van der Waals surface area contributed by atoms with Gasteiger partial charge in [0.2, 0.25) is 0 Å². The van der Waals surface area contributed by atoms with Crippen LogP contribution in [0, 0.1) is 6.92 Å². The molecule has 0 saturated carbocycles. The maximum absolute atomic E-state index is 12.1. The summed E-state index contributed by atoms with van der Waals surface area (Å²) in [6, 6.07) is 9.18. The van der Waals surface area contributed by atoms with Gasteiger partial charge in [0.15, 0.2) is 0 Å². The fourth-order valence-electron chi connectivity index (χ4n) is 2.42. The monoisotopic (exact) mass is 369 g/mol. The zero-order valence-corrected chi connectivity index (χ0v) is 15.0.